The van der Waals surface area contributed by atoms with Crippen LogP contribution in [0.3, 0.4) is 0 Å². The summed E-state index contributed by atoms with van der Waals surface area (Å²) in [5, 5.41) is 7.57. The molecular weight excluding hydrogens is 254 g/mol. The molecule has 1 aromatic heterocycles. The predicted octanol–water partition coefficient (Wildman–Crippen LogP) is 2.67. The minimum atomic E-state index is 0.232. The van der Waals surface area contributed by atoms with Crippen molar-refractivity contribution in [1.82, 2.24) is 15.5 Å². The Balaban J connectivity index is 1.87. The third-order valence-corrected chi connectivity index (χ3v) is 4.02. The third kappa shape index (κ3) is 4.28. The molecule has 3 atom stereocenters. The second-order valence-corrected chi connectivity index (χ2v) is 5.77. The van der Waals surface area contributed by atoms with Gasteiger partial charge in [-0.15, -0.1) is 0 Å². The Morgan fingerprint density at radius 2 is 2.20 bits per heavy atom. The molecule has 5 nitrogen and oxygen atoms in total. The maximum Gasteiger partial charge on any atom is 0.231 e. The molecule has 0 aromatic carbocycles. The van der Waals surface area contributed by atoms with Gasteiger partial charge in [-0.3, -0.25) is 0 Å². The van der Waals surface area contributed by atoms with E-state index in [4.69, 9.17) is 9.26 Å². The van der Waals surface area contributed by atoms with Crippen LogP contribution in [0.5, 0.6) is 0 Å². The first-order valence-corrected chi connectivity index (χ1v) is 7.88. The Morgan fingerprint density at radius 1 is 1.35 bits per heavy atom. The second kappa shape index (κ2) is 7.74. The zero-order valence-corrected chi connectivity index (χ0v) is 12.9. The van der Waals surface area contributed by atoms with Gasteiger partial charge in [-0.2, -0.15) is 4.98 Å². The van der Waals surface area contributed by atoms with Gasteiger partial charge in [-0.25, -0.2) is 0 Å². The first-order chi connectivity index (χ1) is 9.70. The molecule has 1 aliphatic rings. The monoisotopic (exact) mass is 281 g/mol. The first-order valence-electron chi connectivity index (χ1n) is 7.88. The summed E-state index contributed by atoms with van der Waals surface area (Å²) in [6.45, 7) is 8.34. The van der Waals surface area contributed by atoms with Crippen molar-refractivity contribution in [2.24, 2.45) is 0 Å². The lowest BCUT2D eigenvalue weighted by atomic mass is 10.0. The molecule has 0 saturated carbocycles. The van der Waals surface area contributed by atoms with E-state index in [9.17, 15) is 0 Å². The Kier molecular flexibility index (Phi) is 5.98. The summed E-state index contributed by atoms with van der Waals surface area (Å²) in [6, 6.07) is 0.342. The number of hydrogen-bond donors (Lipinski definition) is 1. The van der Waals surface area contributed by atoms with Crippen molar-refractivity contribution in [2.45, 2.75) is 70.9 Å². The average Bonchev–Trinajstić information content (AvgIpc) is 2.93. The summed E-state index contributed by atoms with van der Waals surface area (Å²) in [6.07, 6.45) is 5.68. The standard InChI is InChI=1S/C15H27N3O2/c1-4-8-16-12(3)11(2)15-17-14(18-20-15)10-13-7-5-6-9-19-13/h11-13,16H,4-10H2,1-3H3. The van der Waals surface area contributed by atoms with Crippen molar-refractivity contribution in [3.05, 3.63) is 11.7 Å². The molecule has 0 spiro atoms. The molecule has 0 amide bonds. The molecule has 2 heterocycles. The summed E-state index contributed by atoms with van der Waals surface area (Å²) >= 11 is 0. The zero-order valence-electron chi connectivity index (χ0n) is 12.9. The molecule has 2 rings (SSSR count). The Morgan fingerprint density at radius 3 is 2.90 bits per heavy atom. The molecule has 5 heteroatoms. The summed E-state index contributed by atoms with van der Waals surface area (Å²) in [4.78, 5) is 4.54. The van der Waals surface area contributed by atoms with Gasteiger partial charge in [0.15, 0.2) is 5.82 Å². The van der Waals surface area contributed by atoms with Crippen LogP contribution in [0, 0.1) is 0 Å². The van der Waals surface area contributed by atoms with Crippen LogP contribution in [0.15, 0.2) is 4.52 Å². The van der Waals surface area contributed by atoms with Gasteiger partial charge in [0.1, 0.15) is 0 Å². The number of ether oxygens (including phenoxy) is 1. The van der Waals surface area contributed by atoms with Crippen LogP contribution < -0.4 is 5.32 Å². The van der Waals surface area contributed by atoms with Gasteiger partial charge >= 0.3 is 0 Å². The van der Waals surface area contributed by atoms with E-state index in [0.717, 1.165) is 44.1 Å². The fourth-order valence-electron chi connectivity index (χ4n) is 2.47. The van der Waals surface area contributed by atoms with Crippen molar-refractivity contribution in [1.29, 1.82) is 0 Å². The highest BCUT2D eigenvalue weighted by Gasteiger charge is 2.22. The summed E-state index contributed by atoms with van der Waals surface area (Å²) < 4.78 is 11.1. The molecule has 3 unspecified atom stereocenters. The molecule has 1 aromatic rings. The average molecular weight is 281 g/mol. The highest BCUT2D eigenvalue weighted by molar-refractivity contribution is 4.97. The van der Waals surface area contributed by atoms with Gasteiger partial charge < -0.3 is 14.6 Å². The molecule has 0 bridgehead atoms. The van der Waals surface area contributed by atoms with E-state index >= 15 is 0 Å². The Labute approximate surface area is 121 Å². The lowest BCUT2D eigenvalue weighted by molar-refractivity contribution is 0.0153. The fourth-order valence-corrected chi connectivity index (χ4v) is 2.47. The molecule has 0 aliphatic carbocycles. The molecule has 1 fully saturated rings. The van der Waals surface area contributed by atoms with Crippen LogP contribution in [-0.4, -0.2) is 35.4 Å². The van der Waals surface area contributed by atoms with E-state index in [2.05, 4.69) is 36.2 Å². The van der Waals surface area contributed by atoms with Crippen LogP contribution in [0.2, 0.25) is 0 Å². The Bertz CT molecular complexity index is 388. The largest absolute Gasteiger partial charge is 0.378 e. The van der Waals surface area contributed by atoms with Crippen molar-refractivity contribution in [3.8, 4) is 0 Å². The maximum atomic E-state index is 5.72. The van der Waals surface area contributed by atoms with Gasteiger partial charge in [0, 0.05) is 19.1 Å². The predicted molar refractivity (Wildman–Crippen MR) is 77.8 cm³/mol. The number of nitrogens with zero attached hydrogens (tertiary/aromatic N) is 2. The van der Waals surface area contributed by atoms with Gasteiger partial charge in [0.25, 0.3) is 0 Å². The Hall–Kier alpha value is -0.940. The third-order valence-electron chi connectivity index (χ3n) is 4.02. The molecular formula is C15H27N3O2. The highest BCUT2D eigenvalue weighted by atomic mass is 16.5. The van der Waals surface area contributed by atoms with Crippen molar-refractivity contribution < 1.29 is 9.26 Å². The lowest BCUT2D eigenvalue weighted by Crippen LogP contribution is -2.31. The van der Waals surface area contributed by atoms with Gasteiger partial charge in [-0.05, 0) is 39.2 Å². The molecule has 1 N–H and O–H groups in total. The van der Waals surface area contributed by atoms with Crippen LogP contribution in [-0.2, 0) is 11.2 Å². The maximum absolute atomic E-state index is 5.72. The van der Waals surface area contributed by atoms with E-state index in [1.54, 1.807) is 0 Å². The van der Waals surface area contributed by atoms with Crippen molar-refractivity contribution in [2.75, 3.05) is 13.2 Å². The first kappa shape index (κ1) is 15.4. The van der Waals surface area contributed by atoms with E-state index in [0.29, 0.717) is 6.04 Å². The summed E-state index contributed by atoms with van der Waals surface area (Å²) in [5.74, 6) is 1.74. The van der Waals surface area contributed by atoms with Gasteiger partial charge in [0.2, 0.25) is 5.89 Å². The van der Waals surface area contributed by atoms with E-state index in [-0.39, 0.29) is 12.0 Å². The fraction of sp³-hybridized carbons (Fsp3) is 0.867. The minimum absolute atomic E-state index is 0.232. The molecule has 20 heavy (non-hydrogen) atoms. The van der Waals surface area contributed by atoms with Crippen molar-refractivity contribution in [3.63, 3.8) is 0 Å². The molecule has 1 saturated heterocycles. The number of nitrogens with one attached hydrogen (secondary N) is 1. The summed E-state index contributed by atoms with van der Waals surface area (Å²) in [5.41, 5.74) is 0. The molecule has 114 valence electrons. The summed E-state index contributed by atoms with van der Waals surface area (Å²) in [7, 11) is 0. The highest BCUT2D eigenvalue weighted by Crippen LogP contribution is 2.20. The van der Waals surface area contributed by atoms with Gasteiger partial charge in [0.05, 0.1) is 12.0 Å². The van der Waals surface area contributed by atoms with E-state index in [1.165, 1.54) is 12.8 Å². The van der Waals surface area contributed by atoms with E-state index < -0.39 is 0 Å². The molecule has 0 radical (unpaired) electrons. The zero-order chi connectivity index (χ0) is 14.4. The topological polar surface area (TPSA) is 60.2 Å². The number of rotatable bonds is 7. The van der Waals surface area contributed by atoms with Crippen molar-refractivity contribution >= 4 is 0 Å². The SMILES string of the molecule is CCCNC(C)C(C)c1nc(CC2CCCCO2)no1. The normalized spacial score (nSPS) is 22.6. The second-order valence-electron chi connectivity index (χ2n) is 5.77. The lowest BCUT2D eigenvalue weighted by Gasteiger charge is -2.20. The smallest absolute Gasteiger partial charge is 0.231 e. The van der Waals surface area contributed by atoms with Crippen LogP contribution in [0.1, 0.15) is 64.1 Å². The molecule has 1 aliphatic heterocycles. The van der Waals surface area contributed by atoms with Crippen LogP contribution in [0.4, 0.5) is 0 Å². The minimum Gasteiger partial charge on any atom is -0.378 e. The number of aromatic nitrogens is 2. The van der Waals surface area contributed by atoms with Gasteiger partial charge in [-0.1, -0.05) is 19.0 Å². The van der Waals surface area contributed by atoms with E-state index in [1.807, 2.05) is 0 Å². The quantitative estimate of drug-likeness (QED) is 0.832. The van der Waals surface area contributed by atoms with Crippen LogP contribution in [0.25, 0.3) is 0 Å². The number of hydrogen-bond acceptors (Lipinski definition) is 5. The van der Waals surface area contributed by atoms with Crippen LogP contribution >= 0.6 is 0 Å².